The van der Waals surface area contributed by atoms with E-state index in [1.807, 2.05) is 39.8 Å². The smallest absolute Gasteiger partial charge is 0.329 e. The van der Waals surface area contributed by atoms with Crippen molar-refractivity contribution in [2.75, 3.05) is 6.61 Å². The van der Waals surface area contributed by atoms with Gasteiger partial charge in [-0.25, -0.2) is 4.79 Å². The molecule has 0 N–H and O–H groups in total. The molecule has 3 atom stereocenters. The molecule has 4 heteroatoms. The summed E-state index contributed by atoms with van der Waals surface area (Å²) in [7, 11) is 0. The summed E-state index contributed by atoms with van der Waals surface area (Å²) in [6.45, 7) is 10.2. The van der Waals surface area contributed by atoms with Gasteiger partial charge in [-0.2, -0.15) is 0 Å². The van der Waals surface area contributed by atoms with E-state index in [-0.39, 0.29) is 23.8 Å². The van der Waals surface area contributed by atoms with Crippen LogP contribution in [0.2, 0.25) is 0 Å². The van der Waals surface area contributed by atoms with Crippen LogP contribution in [-0.4, -0.2) is 35.5 Å². The molecule has 0 saturated carbocycles. The Morgan fingerprint density at radius 2 is 1.96 bits per heavy atom. The number of ether oxygens (including phenoxy) is 1. The Balaban J connectivity index is 2.19. The number of aryl methyl sites for hydroxylation is 2. The molecule has 4 nitrogen and oxygen atoms in total. The first kappa shape index (κ1) is 17.5. The third-order valence-corrected chi connectivity index (χ3v) is 4.68. The van der Waals surface area contributed by atoms with Gasteiger partial charge >= 0.3 is 5.97 Å². The average molecular weight is 317 g/mol. The van der Waals surface area contributed by atoms with Crippen molar-refractivity contribution in [3.8, 4) is 0 Å². The van der Waals surface area contributed by atoms with E-state index in [1.165, 1.54) is 5.56 Å². The minimum Gasteiger partial charge on any atom is -0.464 e. The van der Waals surface area contributed by atoms with Crippen LogP contribution in [-0.2, 0) is 20.7 Å². The number of esters is 1. The predicted octanol–water partition coefficient (Wildman–Crippen LogP) is 3.03. The van der Waals surface area contributed by atoms with Gasteiger partial charge in [0.05, 0.1) is 13.0 Å². The van der Waals surface area contributed by atoms with Crippen LogP contribution in [0.15, 0.2) is 18.2 Å². The first-order valence-electron chi connectivity index (χ1n) is 8.39. The number of rotatable bonds is 4. The lowest BCUT2D eigenvalue weighted by atomic mass is 10.0. The number of likely N-dealkylation sites (tertiary alicyclic amines) is 1. The highest BCUT2D eigenvalue weighted by Crippen LogP contribution is 2.31. The normalized spacial score (nSPS) is 23.9. The standard InChI is InChI=1S/C19H27NO3/c1-6-23-19(22)18-14(4)10-15(5)20(18)17(21)11-16-8-7-12(2)9-13(16)3/h7-9,14-15,18H,6,10-11H2,1-5H3. The largest absolute Gasteiger partial charge is 0.464 e. The van der Waals surface area contributed by atoms with Gasteiger partial charge < -0.3 is 9.64 Å². The van der Waals surface area contributed by atoms with Gasteiger partial charge in [0.15, 0.2) is 0 Å². The van der Waals surface area contributed by atoms with Gasteiger partial charge in [0, 0.05) is 6.04 Å². The molecular weight excluding hydrogens is 290 g/mol. The number of amides is 1. The fourth-order valence-electron chi connectivity index (χ4n) is 3.60. The minimum atomic E-state index is -0.455. The van der Waals surface area contributed by atoms with Gasteiger partial charge in [-0.3, -0.25) is 4.79 Å². The number of benzene rings is 1. The maximum atomic E-state index is 12.8. The zero-order chi connectivity index (χ0) is 17.1. The topological polar surface area (TPSA) is 46.6 Å². The van der Waals surface area contributed by atoms with Crippen LogP contribution in [0.3, 0.4) is 0 Å². The van der Waals surface area contributed by atoms with Gasteiger partial charge in [0.1, 0.15) is 6.04 Å². The summed E-state index contributed by atoms with van der Waals surface area (Å²) in [4.78, 5) is 26.8. The summed E-state index contributed by atoms with van der Waals surface area (Å²) in [5.74, 6) is -0.141. The van der Waals surface area contributed by atoms with Gasteiger partial charge in [-0.05, 0) is 51.2 Å². The molecule has 1 saturated heterocycles. The molecule has 0 spiro atoms. The lowest BCUT2D eigenvalue weighted by Crippen LogP contribution is -2.47. The molecular formula is C19H27NO3. The Morgan fingerprint density at radius 1 is 1.26 bits per heavy atom. The van der Waals surface area contributed by atoms with Crippen molar-refractivity contribution in [1.82, 2.24) is 4.90 Å². The quantitative estimate of drug-likeness (QED) is 0.802. The Bertz CT molecular complexity index is 596. The van der Waals surface area contributed by atoms with Gasteiger partial charge in [-0.15, -0.1) is 0 Å². The third kappa shape index (κ3) is 3.74. The van der Waals surface area contributed by atoms with E-state index in [0.717, 1.165) is 17.5 Å². The summed E-state index contributed by atoms with van der Waals surface area (Å²) >= 11 is 0. The molecule has 1 amide bonds. The monoisotopic (exact) mass is 317 g/mol. The lowest BCUT2D eigenvalue weighted by Gasteiger charge is -2.28. The Labute approximate surface area is 138 Å². The van der Waals surface area contributed by atoms with E-state index in [1.54, 1.807) is 11.8 Å². The van der Waals surface area contributed by atoms with Crippen molar-refractivity contribution in [2.24, 2.45) is 5.92 Å². The van der Waals surface area contributed by atoms with Crippen LogP contribution < -0.4 is 0 Å². The number of hydrogen-bond acceptors (Lipinski definition) is 3. The maximum Gasteiger partial charge on any atom is 0.329 e. The predicted molar refractivity (Wildman–Crippen MR) is 90.1 cm³/mol. The maximum absolute atomic E-state index is 12.8. The zero-order valence-corrected chi connectivity index (χ0v) is 14.8. The zero-order valence-electron chi connectivity index (χ0n) is 14.8. The molecule has 126 valence electrons. The van der Waals surface area contributed by atoms with Crippen LogP contribution in [0.1, 0.15) is 43.9 Å². The van der Waals surface area contributed by atoms with E-state index in [4.69, 9.17) is 4.74 Å². The number of carbonyl (C=O) groups is 2. The van der Waals surface area contributed by atoms with Crippen LogP contribution in [0, 0.1) is 19.8 Å². The Hall–Kier alpha value is -1.84. The van der Waals surface area contributed by atoms with Crippen LogP contribution >= 0.6 is 0 Å². The molecule has 0 radical (unpaired) electrons. The first-order valence-corrected chi connectivity index (χ1v) is 8.39. The van der Waals surface area contributed by atoms with Gasteiger partial charge in [0.25, 0.3) is 0 Å². The van der Waals surface area contributed by atoms with E-state index < -0.39 is 6.04 Å². The van der Waals surface area contributed by atoms with E-state index >= 15 is 0 Å². The third-order valence-electron chi connectivity index (χ3n) is 4.68. The fraction of sp³-hybridized carbons (Fsp3) is 0.579. The average Bonchev–Trinajstić information content (AvgIpc) is 2.76. The molecule has 1 heterocycles. The lowest BCUT2D eigenvalue weighted by molar-refractivity contribution is -0.155. The van der Waals surface area contributed by atoms with Crippen molar-refractivity contribution in [1.29, 1.82) is 0 Å². The SMILES string of the molecule is CCOC(=O)C1C(C)CC(C)N1C(=O)Cc1ccc(C)cc1C. The molecule has 2 rings (SSSR count). The Kier molecular flexibility index (Phi) is 5.45. The second-order valence-corrected chi connectivity index (χ2v) is 6.67. The van der Waals surface area contributed by atoms with Crippen molar-refractivity contribution in [3.63, 3.8) is 0 Å². The van der Waals surface area contributed by atoms with Gasteiger partial charge in [-0.1, -0.05) is 30.7 Å². The second kappa shape index (κ2) is 7.16. The Morgan fingerprint density at radius 3 is 2.57 bits per heavy atom. The highest BCUT2D eigenvalue weighted by atomic mass is 16.5. The van der Waals surface area contributed by atoms with Crippen molar-refractivity contribution in [3.05, 3.63) is 34.9 Å². The van der Waals surface area contributed by atoms with Crippen molar-refractivity contribution < 1.29 is 14.3 Å². The van der Waals surface area contributed by atoms with Crippen molar-refractivity contribution in [2.45, 2.75) is 59.5 Å². The number of nitrogens with zero attached hydrogens (tertiary/aromatic N) is 1. The summed E-state index contributed by atoms with van der Waals surface area (Å²) in [6, 6.07) is 5.73. The van der Waals surface area contributed by atoms with E-state index in [0.29, 0.717) is 13.0 Å². The molecule has 23 heavy (non-hydrogen) atoms. The summed E-state index contributed by atoms with van der Waals surface area (Å²) < 4.78 is 5.18. The molecule has 1 aliphatic heterocycles. The van der Waals surface area contributed by atoms with Gasteiger partial charge in [0.2, 0.25) is 5.91 Å². The van der Waals surface area contributed by atoms with Crippen LogP contribution in [0.4, 0.5) is 0 Å². The molecule has 1 fully saturated rings. The highest BCUT2D eigenvalue weighted by molar-refractivity contribution is 5.87. The number of carbonyl (C=O) groups excluding carboxylic acids is 2. The molecule has 1 aromatic carbocycles. The minimum absolute atomic E-state index is 0.00635. The molecule has 0 aliphatic carbocycles. The van der Waals surface area contributed by atoms with E-state index in [9.17, 15) is 9.59 Å². The van der Waals surface area contributed by atoms with Crippen LogP contribution in [0.25, 0.3) is 0 Å². The molecule has 1 aromatic rings. The molecule has 1 aliphatic rings. The molecule has 3 unspecified atom stereocenters. The molecule has 0 bridgehead atoms. The van der Waals surface area contributed by atoms with Crippen molar-refractivity contribution >= 4 is 11.9 Å². The highest BCUT2D eigenvalue weighted by Gasteiger charge is 2.44. The van der Waals surface area contributed by atoms with E-state index in [2.05, 4.69) is 6.07 Å². The summed E-state index contributed by atoms with van der Waals surface area (Å²) in [5, 5.41) is 0. The second-order valence-electron chi connectivity index (χ2n) is 6.67. The van der Waals surface area contributed by atoms with Crippen LogP contribution in [0.5, 0.6) is 0 Å². The fourth-order valence-corrected chi connectivity index (χ4v) is 3.60. The summed E-state index contributed by atoms with van der Waals surface area (Å²) in [6.07, 6.45) is 1.17. The first-order chi connectivity index (χ1) is 10.8. The molecule has 0 aromatic heterocycles. The number of hydrogen-bond donors (Lipinski definition) is 0. The summed E-state index contributed by atoms with van der Waals surface area (Å²) in [5.41, 5.74) is 3.33.